The third kappa shape index (κ3) is 1.85. The number of hydrogen-bond acceptors (Lipinski definition) is 2. The zero-order valence-electron chi connectivity index (χ0n) is 9.05. The van der Waals surface area contributed by atoms with Crippen LogP contribution in [0.2, 0.25) is 0 Å². The SMILES string of the molecule is S=c1cccc(-c2cccc3ccncc23)[nH]1. The van der Waals surface area contributed by atoms with Gasteiger partial charge in [-0.1, -0.05) is 36.5 Å². The van der Waals surface area contributed by atoms with Crippen molar-refractivity contribution in [2.45, 2.75) is 0 Å². The third-order valence-corrected chi connectivity index (χ3v) is 2.98. The largest absolute Gasteiger partial charge is 0.346 e. The summed E-state index contributed by atoms with van der Waals surface area (Å²) in [6, 6.07) is 14.1. The number of aromatic amines is 1. The van der Waals surface area contributed by atoms with E-state index in [4.69, 9.17) is 12.2 Å². The van der Waals surface area contributed by atoms with Crippen LogP contribution in [0.3, 0.4) is 0 Å². The van der Waals surface area contributed by atoms with Crippen molar-refractivity contribution in [1.29, 1.82) is 0 Å². The molecule has 3 heteroatoms. The van der Waals surface area contributed by atoms with Gasteiger partial charge in [-0.2, -0.15) is 0 Å². The molecule has 82 valence electrons. The van der Waals surface area contributed by atoms with Crippen LogP contribution in [0.4, 0.5) is 0 Å². The molecule has 0 spiro atoms. The Morgan fingerprint density at radius 3 is 2.76 bits per heavy atom. The van der Waals surface area contributed by atoms with E-state index in [1.54, 1.807) is 6.20 Å². The molecule has 0 atom stereocenters. The molecule has 0 aliphatic carbocycles. The molecule has 0 fully saturated rings. The number of fused-ring (bicyclic) bond motifs is 1. The fraction of sp³-hybridized carbons (Fsp3) is 0. The van der Waals surface area contributed by atoms with Crippen molar-refractivity contribution in [2.24, 2.45) is 0 Å². The maximum atomic E-state index is 5.15. The van der Waals surface area contributed by atoms with E-state index in [0.717, 1.165) is 21.3 Å². The summed E-state index contributed by atoms with van der Waals surface area (Å²) in [5.41, 5.74) is 2.15. The number of pyridine rings is 2. The van der Waals surface area contributed by atoms with Crippen LogP contribution in [0.15, 0.2) is 54.9 Å². The lowest BCUT2D eigenvalue weighted by molar-refractivity contribution is 1.30. The average Bonchev–Trinajstić information content (AvgIpc) is 2.38. The molecule has 2 nitrogen and oxygen atoms in total. The molecule has 3 rings (SSSR count). The molecule has 17 heavy (non-hydrogen) atoms. The maximum absolute atomic E-state index is 5.15. The van der Waals surface area contributed by atoms with Gasteiger partial charge in [0.25, 0.3) is 0 Å². The first-order valence-electron chi connectivity index (χ1n) is 5.37. The first-order valence-corrected chi connectivity index (χ1v) is 5.78. The Kier molecular flexibility index (Phi) is 2.46. The van der Waals surface area contributed by atoms with E-state index in [2.05, 4.69) is 22.1 Å². The predicted octanol–water partition coefficient (Wildman–Crippen LogP) is 3.96. The van der Waals surface area contributed by atoms with Gasteiger partial charge < -0.3 is 4.98 Å². The number of rotatable bonds is 1. The summed E-state index contributed by atoms with van der Waals surface area (Å²) in [6.45, 7) is 0. The molecule has 0 aliphatic rings. The maximum Gasteiger partial charge on any atom is 0.103 e. The van der Waals surface area contributed by atoms with E-state index in [1.165, 1.54) is 5.39 Å². The second kappa shape index (κ2) is 4.11. The van der Waals surface area contributed by atoms with Gasteiger partial charge in [0.2, 0.25) is 0 Å². The second-order valence-electron chi connectivity index (χ2n) is 3.83. The number of nitrogens with zero attached hydrogens (tertiary/aromatic N) is 1. The Morgan fingerprint density at radius 2 is 1.88 bits per heavy atom. The van der Waals surface area contributed by atoms with E-state index in [9.17, 15) is 0 Å². The van der Waals surface area contributed by atoms with Crippen LogP contribution in [-0.4, -0.2) is 9.97 Å². The van der Waals surface area contributed by atoms with E-state index in [-0.39, 0.29) is 0 Å². The monoisotopic (exact) mass is 238 g/mol. The van der Waals surface area contributed by atoms with Gasteiger partial charge in [-0.05, 0) is 23.6 Å². The van der Waals surface area contributed by atoms with Crippen LogP contribution in [0.25, 0.3) is 22.0 Å². The number of benzene rings is 1. The van der Waals surface area contributed by atoms with Crippen LogP contribution in [0, 0.1) is 4.64 Å². The van der Waals surface area contributed by atoms with E-state index in [1.807, 2.05) is 36.5 Å². The molecule has 0 aliphatic heterocycles. The third-order valence-electron chi connectivity index (χ3n) is 2.74. The number of nitrogens with one attached hydrogen (secondary N) is 1. The van der Waals surface area contributed by atoms with Gasteiger partial charge in [0.15, 0.2) is 0 Å². The van der Waals surface area contributed by atoms with Crippen molar-refractivity contribution in [3.05, 3.63) is 59.5 Å². The van der Waals surface area contributed by atoms with E-state index in [0.29, 0.717) is 0 Å². The summed E-state index contributed by atoms with van der Waals surface area (Å²) >= 11 is 5.15. The van der Waals surface area contributed by atoms with Gasteiger partial charge >= 0.3 is 0 Å². The van der Waals surface area contributed by atoms with Crippen molar-refractivity contribution in [1.82, 2.24) is 9.97 Å². The van der Waals surface area contributed by atoms with Crippen molar-refractivity contribution in [3.8, 4) is 11.3 Å². The lowest BCUT2D eigenvalue weighted by Gasteiger charge is -2.06. The first-order chi connectivity index (χ1) is 8.34. The average molecular weight is 238 g/mol. The molecule has 1 aromatic carbocycles. The molecule has 0 unspecified atom stereocenters. The Morgan fingerprint density at radius 1 is 1.00 bits per heavy atom. The number of hydrogen-bond donors (Lipinski definition) is 1. The minimum absolute atomic E-state index is 0.739. The lowest BCUT2D eigenvalue weighted by Crippen LogP contribution is -1.86. The number of aromatic nitrogens is 2. The Balaban J connectivity index is 2.34. The molecule has 0 bridgehead atoms. The molecular weight excluding hydrogens is 228 g/mol. The van der Waals surface area contributed by atoms with Crippen molar-refractivity contribution in [2.75, 3.05) is 0 Å². The second-order valence-corrected chi connectivity index (χ2v) is 4.27. The van der Waals surface area contributed by atoms with Crippen LogP contribution < -0.4 is 0 Å². The smallest absolute Gasteiger partial charge is 0.103 e. The summed E-state index contributed by atoms with van der Waals surface area (Å²) in [5.74, 6) is 0. The molecule has 0 amide bonds. The minimum atomic E-state index is 0.739. The van der Waals surface area contributed by atoms with Crippen molar-refractivity contribution in [3.63, 3.8) is 0 Å². The highest BCUT2D eigenvalue weighted by atomic mass is 32.1. The molecule has 0 saturated carbocycles. The van der Waals surface area contributed by atoms with Gasteiger partial charge in [-0.25, -0.2) is 0 Å². The highest BCUT2D eigenvalue weighted by molar-refractivity contribution is 7.71. The minimum Gasteiger partial charge on any atom is -0.346 e. The summed E-state index contributed by atoms with van der Waals surface area (Å²) in [6.07, 6.45) is 3.69. The molecule has 2 heterocycles. The molecule has 1 N–H and O–H groups in total. The highest BCUT2D eigenvalue weighted by Gasteiger charge is 2.03. The van der Waals surface area contributed by atoms with Crippen LogP contribution in [-0.2, 0) is 0 Å². The summed E-state index contributed by atoms with van der Waals surface area (Å²) in [5, 5.41) is 2.31. The van der Waals surface area contributed by atoms with Gasteiger partial charge in [0, 0.05) is 29.0 Å². The molecule has 3 aromatic rings. The normalized spacial score (nSPS) is 10.6. The molecule has 2 aromatic heterocycles. The standard InChI is InChI=1S/C14H10N2S/c17-14-6-2-5-13(16-14)11-4-1-3-10-7-8-15-9-12(10)11/h1-9H,(H,16,17). The quantitative estimate of drug-likeness (QED) is 0.650. The van der Waals surface area contributed by atoms with E-state index >= 15 is 0 Å². The Labute approximate surface area is 104 Å². The van der Waals surface area contributed by atoms with Gasteiger partial charge in [0.1, 0.15) is 4.64 Å². The van der Waals surface area contributed by atoms with Crippen LogP contribution >= 0.6 is 12.2 Å². The summed E-state index contributed by atoms with van der Waals surface area (Å²) < 4.78 is 0.739. The Hall–Kier alpha value is -2.00. The first kappa shape index (κ1) is 10.2. The predicted molar refractivity (Wildman–Crippen MR) is 72.4 cm³/mol. The van der Waals surface area contributed by atoms with Gasteiger partial charge in [-0.3, -0.25) is 4.98 Å². The molecular formula is C14H10N2S. The van der Waals surface area contributed by atoms with Crippen LogP contribution in [0.1, 0.15) is 0 Å². The number of H-pyrrole nitrogens is 1. The van der Waals surface area contributed by atoms with E-state index < -0.39 is 0 Å². The van der Waals surface area contributed by atoms with Crippen molar-refractivity contribution < 1.29 is 0 Å². The molecule has 0 radical (unpaired) electrons. The topological polar surface area (TPSA) is 28.7 Å². The molecule has 0 saturated heterocycles. The van der Waals surface area contributed by atoms with Gasteiger partial charge in [-0.15, -0.1) is 0 Å². The zero-order valence-corrected chi connectivity index (χ0v) is 9.87. The summed E-state index contributed by atoms with van der Waals surface area (Å²) in [4.78, 5) is 7.38. The highest BCUT2D eigenvalue weighted by Crippen LogP contribution is 2.26. The van der Waals surface area contributed by atoms with Gasteiger partial charge in [0.05, 0.1) is 0 Å². The van der Waals surface area contributed by atoms with Crippen molar-refractivity contribution >= 4 is 23.0 Å². The fourth-order valence-corrected chi connectivity index (χ4v) is 2.14. The Bertz CT molecular complexity index is 726. The van der Waals surface area contributed by atoms with Crippen LogP contribution in [0.5, 0.6) is 0 Å². The zero-order chi connectivity index (χ0) is 11.7. The fourth-order valence-electron chi connectivity index (χ4n) is 1.95. The summed E-state index contributed by atoms with van der Waals surface area (Å²) in [7, 11) is 0. The lowest BCUT2D eigenvalue weighted by atomic mass is 10.0.